The lowest BCUT2D eigenvalue weighted by molar-refractivity contribution is 0.0507. The number of hydrogen-bond acceptors (Lipinski definition) is 5. The molecule has 0 atom stereocenters. The van der Waals surface area contributed by atoms with Gasteiger partial charge < -0.3 is 10.5 Å². The molecule has 0 saturated heterocycles. The summed E-state index contributed by atoms with van der Waals surface area (Å²) in [5.41, 5.74) is 9.23. The van der Waals surface area contributed by atoms with Gasteiger partial charge in [-0.05, 0) is 41.5 Å². The van der Waals surface area contributed by atoms with Crippen molar-refractivity contribution in [2.24, 2.45) is 0 Å². The molecule has 1 heterocycles. The number of hydrogen-bond donors (Lipinski definition) is 1. The highest BCUT2D eigenvalue weighted by molar-refractivity contribution is 7.10. The monoisotopic (exact) mass is 300 g/mol. The van der Waals surface area contributed by atoms with E-state index in [-0.39, 0.29) is 0 Å². The summed E-state index contributed by atoms with van der Waals surface area (Å²) in [6, 6.07) is 7.56. The third-order valence-electron chi connectivity index (χ3n) is 3.13. The molecule has 0 aliphatic rings. The molecule has 0 spiro atoms. The molecule has 4 nitrogen and oxygen atoms in total. The smallest absolute Gasteiger partial charge is 0.340 e. The topological polar surface area (TPSA) is 76.1 Å². The number of rotatable bonds is 4. The summed E-state index contributed by atoms with van der Waals surface area (Å²) in [6.45, 7) is 4.15. The summed E-state index contributed by atoms with van der Waals surface area (Å²) in [5, 5.41) is 10.8. The molecule has 1 aromatic heterocycles. The van der Waals surface area contributed by atoms with E-state index in [1.165, 1.54) is 11.3 Å². The van der Waals surface area contributed by atoms with Gasteiger partial charge in [-0.3, -0.25) is 0 Å². The van der Waals surface area contributed by atoms with Gasteiger partial charge in [-0.1, -0.05) is 19.1 Å². The van der Waals surface area contributed by atoms with Crippen molar-refractivity contribution in [3.8, 4) is 17.2 Å². The summed E-state index contributed by atoms with van der Waals surface area (Å²) in [6.07, 6.45) is 0.754. The van der Waals surface area contributed by atoms with Crippen molar-refractivity contribution in [3.05, 3.63) is 39.6 Å². The number of carbonyl (C=O) groups is 1. The molecule has 0 fully saturated rings. The van der Waals surface area contributed by atoms with Crippen molar-refractivity contribution in [2.75, 3.05) is 12.3 Å². The number of ether oxygens (including phenoxy) is 1. The predicted octanol–water partition coefficient (Wildman–Crippen LogP) is 3.74. The largest absolute Gasteiger partial charge is 0.462 e. The Bertz CT molecular complexity index is 714. The van der Waals surface area contributed by atoms with Gasteiger partial charge in [0, 0.05) is 5.69 Å². The van der Waals surface area contributed by atoms with Crippen LogP contribution in [0.15, 0.2) is 23.6 Å². The summed E-state index contributed by atoms with van der Waals surface area (Å²) < 4.78 is 5.23. The number of nitriles is 1. The van der Waals surface area contributed by atoms with Gasteiger partial charge in [-0.25, -0.2) is 4.79 Å². The standard InChI is InChI=1S/C16H16N2O2S/c1-3-6-20-16(19)14-13(5-4-10(2)15(14)18)11-7-12(8-17)21-9-11/h4-5,7,9H,3,6,18H2,1-2H3. The number of anilines is 1. The average Bonchev–Trinajstić information content (AvgIpc) is 2.96. The SMILES string of the molecule is CCCOC(=O)c1c(-c2csc(C#N)c2)ccc(C)c1N. The van der Waals surface area contributed by atoms with Gasteiger partial charge in [0.05, 0.1) is 12.2 Å². The first-order valence-corrected chi connectivity index (χ1v) is 7.51. The molecule has 1 aromatic carbocycles. The maximum atomic E-state index is 12.3. The van der Waals surface area contributed by atoms with Crippen LogP contribution in [-0.2, 0) is 4.74 Å². The first kappa shape index (κ1) is 15.1. The fourth-order valence-electron chi connectivity index (χ4n) is 1.99. The summed E-state index contributed by atoms with van der Waals surface area (Å²) in [5.74, 6) is -0.419. The minimum Gasteiger partial charge on any atom is -0.462 e. The second-order valence-corrected chi connectivity index (χ2v) is 5.58. The lowest BCUT2D eigenvalue weighted by Gasteiger charge is -2.13. The van der Waals surface area contributed by atoms with Gasteiger partial charge in [0.15, 0.2) is 0 Å². The lowest BCUT2D eigenvalue weighted by Crippen LogP contribution is -2.11. The normalized spacial score (nSPS) is 10.1. The highest BCUT2D eigenvalue weighted by atomic mass is 32.1. The fourth-order valence-corrected chi connectivity index (χ4v) is 2.68. The molecule has 0 aliphatic heterocycles. The van der Waals surface area contributed by atoms with E-state index in [0.717, 1.165) is 17.5 Å². The number of nitrogens with zero attached hydrogens (tertiary/aromatic N) is 1. The van der Waals surface area contributed by atoms with Crippen molar-refractivity contribution in [3.63, 3.8) is 0 Å². The quantitative estimate of drug-likeness (QED) is 0.689. The summed E-state index contributed by atoms with van der Waals surface area (Å²) in [7, 11) is 0. The minimum absolute atomic E-state index is 0.360. The minimum atomic E-state index is -0.419. The number of nitrogen functional groups attached to an aromatic ring is 1. The van der Waals surface area contributed by atoms with Crippen molar-refractivity contribution >= 4 is 23.0 Å². The molecular weight excluding hydrogens is 284 g/mol. The highest BCUT2D eigenvalue weighted by Crippen LogP contribution is 2.33. The van der Waals surface area contributed by atoms with E-state index in [1.54, 1.807) is 6.07 Å². The molecule has 0 bridgehead atoms. The van der Waals surface area contributed by atoms with Crippen LogP contribution >= 0.6 is 11.3 Å². The van der Waals surface area contributed by atoms with Crippen molar-refractivity contribution in [2.45, 2.75) is 20.3 Å². The molecule has 108 valence electrons. The van der Waals surface area contributed by atoms with E-state index in [2.05, 4.69) is 6.07 Å². The fraction of sp³-hybridized carbons (Fsp3) is 0.250. The van der Waals surface area contributed by atoms with E-state index in [4.69, 9.17) is 15.7 Å². The van der Waals surface area contributed by atoms with Gasteiger partial charge in [0.2, 0.25) is 0 Å². The Hall–Kier alpha value is -2.32. The maximum Gasteiger partial charge on any atom is 0.340 e. The Balaban J connectivity index is 2.53. The van der Waals surface area contributed by atoms with E-state index >= 15 is 0 Å². The van der Waals surface area contributed by atoms with Crippen LogP contribution in [-0.4, -0.2) is 12.6 Å². The van der Waals surface area contributed by atoms with Crippen LogP contribution in [0.5, 0.6) is 0 Å². The molecule has 2 aromatic rings. The summed E-state index contributed by atoms with van der Waals surface area (Å²) in [4.78, 5) is 12.9. The molecular formula is C16H16N2O2S. The van der Waals surface area contributed by atoms with Crippen LogP contribution in [0.4, 0.5) is 5.69 Å². The van der Waals surface area contributed by atoms with E-state index in [1.807, 2.05) is 31.4 Å². The van der Waals surface area contributed by atoms with Crippen molar-refractivity contribution in [1.29, 1.82) is 5.26 Å². The Morgan fingerprint density at radius 2 is 2.24 bits per heavy atom. The van der Waals surface area contributed by atoms with Gasteiger partial charge in [0.25, 0.3) is 0 Å². The van der Waals surface area contributed by atoms with Gasteiger partial charge in [0.1, 0.15) is 10.9 Å². The number of aryl methyl sites for hydroxylation is 1. The second-order valence-electron chi connectivity index (χ2n) is 4.67. The highest BCUT2D eigenvalue weighted by Gasteiger charge is 2.19. The average molecular weight is 300 g/mol. The molecule has 0 amide bonds. The number of nitrogens with two attached hydrogens (primary N) is 1. The van der Waals surface area contributed by atoms with Gasteiger partial charge >= 0.3 is 5.97 Å². The van der Waals surface area contributed by atoms with E-state index in [9.17, 15) is 4.79 Å². The Morgan fingerprint density at radius 3 is 2.86 bits per heavy atom. The third kappa shape index (κ3) is 3.06. The van der Waals surface area contributed by atoms with Crippen LogP contribution in [0, 0.1) is 18.3 Å². The molecule has 2 N–H and O–H groups in total. The Morgan fingerprint density at radius 1 is 1.48 bits per heavy atom. The van der Waals surface area contributed by atoms with Crippen molar-refractivity contribution in [1.82, 2.24) is 0 Å². The maximum absolute atomic E-state index is 12.3. The van der Waals surface area contributed by atoms with Crippen molar-refractivity contribution < 1.29 is 9.53 Å². The zero-order valence-corrected chi connectivity index (χ0v) is 12.8. The lowest BCUT2D eigenvalue weighted by atomic mass is 9.97. The first-order valence-electron chi connectivity index (χ1n) is 6.63. The number of benzene rings is 1. The van der Waals surface area contributed by atoms with Gasteiger partial charge in [-0.2, -0.15) is 5.26 Å². The number of thiophene rings is 1. The number of carbonyl (C=O) groups excluding carboxylic acids is 1. The second kappa shape index (κ2) is 6.42. The predicted molar refractivity (Wildman–Crippen MR) is 84.2 cm³/mol. The molecule has 2 rings (SSSR count). The molecule has 0 unspecified atom stereocenters. The molecule has 21 heavy (non-hydrogen) atoms. The van der Waals surface area contributed by atoms with E-state index in [0.29, 0.717) is 28.3 Å². The van der Waals surface area contributed by atoms with E-state index < -0.39 is 5.97 Å². The zero-order chi connectivity index (χ0) is 15.4. The van der Waals surface area contributed by atoms with Crippen LogP contribution in [0.1, 0.15) is 34.1 Å². The Kier molecular flexibility index (Phi) is 4.61. The van der Waals surface area contributed by atoms with Crippen LogP contribution < -0.4 is 5.73 Å². The van der Waals surface area contributed by atoms with Crippen LogP contribution in [0.3, 0.4) is 0 Å². The van der Waals surface area contributed by atoms with Gasteiger partial charge in [-0.15, -0.1) is 11.3 Å². The molecule has 0 radical (unpaired) electrons. The molecule has 0 aliphatic carbocycles. The van der Waals surface area contributed by atoms with Crippen LogP contribution in [0.2, 0.25) is 0 Å². The van der Waals surface area contributed by atoms with Crippen LogP contribution in [0.25, 0.3) is 11.1 Å². The number of esters is 1. The molecule has 5 heteroatoms. The third-order valence-corrected chi connectivity index (χ3v) is 3.96. The zero-order valence-electron chi connectivity index (χ0n) is 12.0. The Labute approximate surface area is 127 Å². The first-order chi connectivity index (χ1) is 10.1. The summed E-state index contributed by atoms with van der Waals surface area (Å²) >= 11 is 1.34. The molecule has 0 saturated carbocycles.